The summed E-state index contributed by atoms with van der Waals surface area (Å²) in [5.74, 6) is 0. The molecule has 76 valence electrons. The molecule has 0 aromatic rings. The van der Waals surface area contributed by atoms with Crippen LogP contribution in [-0.4, -0.2) is 12.2 Å². The highest BCUT2D eigenvalue weighted by Gasteiger charge is 2.38. The molecule has 0 fully saturated rings. The monoisotopic (exact) mass is 190 g/mol. The fraction of sp³-hybridized carbons (Fsp3) is 0.692. The van der Waals surface area contributed by atoms with E-state index in [0.29, 0.717) is 12.2 Å². The molecule has 14 heavy (non-hydrogen) atoms. The number of fused-ring (bicyclic) bond motifs is 4. The van der Waals surface area contributed by atoms with Gasteiger partial charge in [0.2, 0.25) is 0 Å². The second-order valence-electron chi connectivity index (χ2n) is 4.81. The lowest BCUT2D eigenvalue weighted by atomic mass is 9.84. The maximum absolute atomic E-state index is 5.98. The average molecular weight is 190 g/mol. The van der Waals surface area contributed by atoms with E-state index in [1.165, 1.54) is 44.1 Å². The molecule has 2 unspecified atom stereocenters. The number of rotatable bonds is 0. The highest BCUT2D eigenvalue weighted by atomic mass is 16.5. The van der Waals surface area contributed by atoms with Crippen LogP contribution in [0.1, 0.15) is 45.4 Å². The van der Waals surface area contributed by atoms with E-state index in [4.69, 9.17) is 4.74 Å². The van der Waals surface area contributed by atoms with Crippen molar-refractivity contribution in [3.63, 3.8) is 0 Å². The third kappa shape index (κ3) is 1.18. The number of hydrogen-bond donors (Lipinski definition) is 0. The van der Waals surface area contributed by atoms with E-state index in [1.807, 2.05) is 0 Å². The van der Waals surface area contributed by atoms with Gasteiger partial charge < -0.3 is 4.74 Å². The van der Waals surface area contributed by atoms with E-state index >= 15 is 0 Å². The molecule has 1 heteroatoms. The van der Waals surface area contributed by atoms with Crippen molar-refractivity contribution in [2.45, 2.75) is 57.7 Å². The first kappa shape index (κ1) is 8.72. The van der Waals surface area contributed by atoms with Gasteiger partial charge in [0, 0.05) is 0 Å². The van der Waals surface area contributed by atoms with Crippen molar-refractivity contribution in [3.05, 3.63) is 22.8 Å². The molecule has 0 aromatic carbocycles. The molecule has 0 spiro atoms. The van der Waals surface area contributed by atoms with E-state index in [0.717, 1.165) is 0 Å². The summed E-state index contributed by atoms with van der Waals surface area (Å²) in [6.45, 7) is 2.22. The third-order valence-electron chi connectivity index (χ3n) is 3.83. The van der Waals surface area contributed by atoms with Crippen molar-refractivity contribution in [2.75, 3.05) is 0 Å². The van der Waals surface area contributed by atoms with Gasteiger partial charge in [-0.15, -0.1) is 0 Å². The van der Waals surface area contributed by atoms with Crippen LogP contribution in [0.15, 0.2) is 22.8 Å². The van der Waals surface area contributed by atoms with Gasteiger partial charge in [-0.2, -0.15) is 0 Å². The smallest absolute Gasteiger partial charge is 0.101 e. The number of ether oxygens (including phenoxy) is 1. The summed E-state index contributed by atoms with van der Waals surface area (Å²) in [5.41, 5.74) is 4.74. The fourth-order valence-corrected chi connectivity index (χ4v) is 3.09. The summed E-state index contributed by atoms with van der Waals surface area (Å²) < 4.78 is 5.98. The first-order chi connectivity index (χ1) is 6.86. The Balaban J connectivity index is 1.90. The molecule has 0 aromatic heterocycles. The second-order valence-corrected chi connectivity index (χ2v) is 4.81. The molecule has 0 amide bonds. The number of hydrogen-bond acceptors (Lipinski definition) is 1. The Morgan fingerprint density at radius 2 is 1.79 bits per heavy atom. The van der Waals surface area contributed by atoms with Crippen molar-refractivity contribution < 1.29 is 4.74 Å². The van der Waals surface area contributed by atoms with Gasteiger partial charge in [-0.3, -0.25) is 0 Å². The van der Waals surface area contributed by atoms with Crippen molar-refractivity contribution in [1.29, 1.82) is 0 Å². The van der Waals surface area contributed by atoms with Gasteiger partial charge in [-0.25, -0.2) is 0 Å². The second kappa shape index (κ2) is 3.23. The van der Waals surface area contributed by atoms with Gasteiger partial charge in [0.25, 0.3) is 0 Å². The summed E-state index contributed by atoms with van der Waals surface area (Å²) in [4.78, 5) is 0. The predicted octanol–water partition coefficient (Wildman–Crippen LogP) is 3.36. The molecule has 3 rings (SSSR count). The van der Waals surface area contributed by atoms with Crippen molar-refractivity contribution >= 4 is 0 Å². The minimum absolute atomic E-state index is 0.369. The third-order valence-corrected chi connectivity index (χ3v) is 3.83. The van der Waals surface area contributed by atoms with Gasteiger partial charge in [0.05, 0.1) is 6.10 Å². The quantitative estimate of drug-likeness (QED) is 0.532. The molecule has 2 heterocycles. The van der Waals surface area contributed by atoms with Crippen LogP contribution in [0, 0.1) is 0 Å². The maximum Gasteiger partial charge on any atom is 0.101 e. The van der Waals surface area contributed by atoms with Gasteiger partial charge in [0.15, 0.2) is 0 Å². The Morgan fingerprint density at radius 1 is 1.07 bits per heavy atom. The van der Waals surface area contributed by atoms with Crippen LogP contribution in [-0.2, 0) is 4.74 Å². The highest BCUT2D eigenvalue weighted by molar-refractivity contribution is 5.43. The van der Waals surface area contributed by atoms with E-state index < -0.39 is 0 Å². The minimum Gasteiger partial charge on any atom is -0.358 e. The zero-order valence-electron chi connectivity index (χ0n) is 8.88. The van der Waals surface area contributed by atoms with Gasteiger partial charge in [-0.05, 0) is 55.4 Å². The molecule has 1 nitrogen and oxygen atoms in total. The van der Waals surface area contributed by atoms with Crippen LogP contribution >= 0.6 is 0 Å². The summed E-state index contributed by atoms with van der Waals surface area (Å²) >= 11 is 0. The van der Waals surface area contributed by atoms with E-state index in [-0.39, 0.29) is 0 Å². The van der Waals surface area contributed by atoms with Crippen LogP contribution in [0.3, 0.4) is 0 Å². The summed E-state index contributed by atoms with van der Waals surface area (Å²) in [6, 6.07) is 0. The van der Waals surface area contributed by atoms with Gasteiger partial charge >= 0.3 is 0 Å². The molecule has 3 aliphatic rings. The van der Waals surface area contributed by atoms with Crippen LogP contribution < -0.4 is 0 Å². The summed E-state index contributed by atoms with van der Waals surface area (Å²) in [5, 5.41) is 0. The van der Waals surface area contributed by atoms with Crippen molar-refractivity contribution in [1.82, 2.24) is 0 Å². The van der Waals surface area contributed by atoms with Crippen LogP contribution in [0.5, 0.6) is 0 Å². The van der Waals surface area contributed by atoms with E-state index in [9.17, 15) is 0 Å². The first-order valence-electron chi connectivity index (χ1n) is 5.92. The predicted molar refractivity (Wildman–Crippen MR) is 57.1 cm³/mol. The van der Waals surface area contributed by atoms with Crippen LogP contribution in [0.2, 0.25) is 0 Å². The Hall–Kier alpha value is -0.560. The topological polar surface area (TPSA) is 9.23 Å². The Morgan fingerprint density at radius 3 is 2.57 bits per heavy atom. The largest absolute Gasteiger partial charge is 0.358 e. The van der Waals surface area contributed by atoms with E-state index in [1.54, 1.807) is 11.1 Å². The lowest BCUT2D eigenvalue weighted by molar-refractivity contribution is 0.121. The Kier molecular flexibility index (Phi) is 2.01. The molecule has 0 radical (unpaired) electrons. The first-order valence-corrected chi connectivity index (χ1v) is 5.92. The van der Waals surface area contributed by atoms with Crippen LogP contribution in [0.25, 0.3) is 0 Å². The van der Waals surface area contributed by atoms with Crippen LogP contribution in [0.4, 0.5) is 0 Å². The molecule has 2 atom stereocenters. The lowest BCUT2D eigenvalue weighted by Gasteiger charge is -2.18. The fourth-order valence-electron chi connectivity index (χ4n) is 3.09. The molecule has 0 N–H and O–H groups in total. The Labute approximate surface area is 85.8 Å². The molecule has 0 saturated heterocycles. The molecular weight excluding hydrogens is 172 g/mol. The maximum atomic E-state index is 5.98. The molecule has 1 aliphatic carbocycles. The molecular formula is C13H18O. The van der Waals surface area contributed by atoms with E-state index in [2.05, 4.69) is 13.0 Å². The average Bonchev–Trinajstić information content (AvgIpc) is 2.59. The summed E-state index contributed by atoms with van der Waals surface area (Å²) in [7, 11) is 0. The van der Waals surface area contributed by atoms with Gasteiger partial charge in [0.1, 0.15) is 6.10 Å². The zero-order chi connectivity index (χ0) is 9.54. The molecule has 2 bridgehead atoms. The summed E-state index contributed by atoms with van der Waals surface area (Å²) in [6.07, 6.45) is 11.2. The van der Waals surface area contributed by atoms with Crippen molar-refractivity contribution in [3.8, 4) is 0 Å². The highest BCUT2D eigenvalue weighted by Crippen LogP contribution is 2.43. The molecule has 2 aliphatic heterocycles. The lowest BCUT2D eigenvalue weighted by Crippen LogP contribution is -2.10. The zero-order valence-corrected chi connectivity index (χ0v) is 8.88. The minimum atomic E-state index is 0.369. The SMILES string of the molecule is CC1=CC2OC1C1=C2CCCCCC1. The standard InChI is InChI=1S/C13H18O/c1-9-8-12-10-6-4-2-3-5-7-11(10)13(9)14-12/h8,12-13H,2-7H2,1H3. The normalized spacial score (nSPS) is 36.5. The van der Waals surface area contributed by atoms with Crippen molar-refractivity contribution in [2.24, 2.45) is 0 Å². The van der Waals surface area contributed by atoms with Gasteiger partial charge in [-0.1, -0.05) is 12.8 Å². The molecule has 0 saturated carbocycles. The Bertz CT molecular complexity index is 311.